The predicted octanol–water partition coefficient (Wildman–Crippen LogP) is 2.57. The zero-order valence-corrected chi connectivity index (χ0v) is 19.6. The molecule has 0 N–H and O–H groups in total. The molecule has 2 aliphatic rings. The first-order valence-electron chi connectivity index (χ1n) is 11.2. The van der Waals surface area contributed by atoms with E-state index in [9.17, 15) is 14.4 Å². The first-order valence-corrected chi connectivity index (χ1v) is 12.0. The average molecular weight is 455 g/mol. The molecule has 2 aromatic rings. The topological polar surface area (TPSA) is 73.8 Å². The molecule has 0 spiro atoms. The Kier molecular flexibility index (Phi) is 6.71. The number of ketones is 1. The molecule has 1 aromatic heterocycles. The van der Waals surface area contributed by atoms with Crippen LogP contribution in [0.2, 0.25) is 0 Å². The molecule has 2 amide bonds. The average Bonchev–Trinajstić information content (AvgIpc) is 3.28. The van der Waals surface area contributed by atoms with Gasteiger partial charge in [0, 0.05) is 38.5 Å². The van der Waals surface area contributed by atoms with Crippen LogP contribution in [0.5, 0.6) is 0 Å². The number of aromatic nitrogens is 1. The molecule has 0 atom stereocenters. The number of rotatable bonds is 5. The van der Waals surface area contributed by atoms with Gasteiger partial charge in [-0.15, -0.1) is 11.3 Å². The second kappa shape index (κ2) is 9.50. The molecule has 1 aromatic carbocycles. The highest BCUT2D eigenvalue weighted by Crippen LogP contribution is 2.37. The lowest BCUT2D eigenvalue weighted by Crippen LogP contribution is -2.50. The van der Waals surface area contributed by atoms with Gasteiger partial charge in [0.05, 0.1) is 12.0 Å². The Bertz CT molecular complexity index is 974. The van der Waals surface area contributed by atoms with E-state index in [0.717, 1.165) is 36.5 Å². The Hall–Kier alpha value is -2.58. The summed E-state index contributed by atoms with van der Waals surface area (Å²) >= 11 is 1.51. The molecular formula is C24H30N4O3S. The Labute approximate surface area is 193 Å². The number of hydrogen-bond acceptors (Lipinski definition) is 6. The molecule has 2 aliphatic heterocycles. The van der Waals surface area contributed by atoms with E-state index in [4.69, 9.17) is 0 Å². The second-order valence-corrected chi connectivity index (χ2v) is 9.65. The molecule has 0 radical (unpaired) electrons. The third-order valence-electron chi connectivity index (χ3n) is 6.85. The molecule has 0 aliphatic carbocycles. The monoisotopic (exact) mass is 454 g/mol. The number of nitrogens with zero attached hydrogens (tertiary/aromatic N) is 4. The van der Waals surface area contributed by atoms with E-state index in [0.29, 0.717) is 38.4 Å². The van der Waals surface area contributed by atoms with Crippen LogP contribution in [-0.2, 0) is 21.5 Å². The summed E-state index contributed by atoms with van der Waals surface area (Å²) < 4.78 is 0. The molecule has 170 valence electrons. The van der Waals surface area contributed by atoms with Gasteiger partial charge in [0.25, 0.3) is 5.91 Å². The quantitative estimate of drug-likeness (QED) is 0.694. The highest BCUT2D eigenvalue weighted by atomic mass is 32.1. The largest absolute Gasteiger partial charge is 0.339 e. The molecule has 3 heterocycles. The van der Waals surface area contributed by atoms with Crippen LogP contribution < -0.4 is 0 Å². The van der Waals surface area contributed by atoms with Gasteiger partial charge < -0.3 is 9.80 Å². The lowest BCUT2D eigenvalue weighted by atomic mass is 9.70. The fourth-order valence-electron chi connectivity index (χ4n) is 4.75. The zero-order valence-electron chi connectivity index (χ0n) is 18.7. The van der Waals surface area contributed by atoms with Gasteiger partial charge in [0.1, 0.15) is 16.5 Å². The smallest absolute Gasteiger partial charge is 0.273 e. The van der Waals surface area contributed by atoms with Crippen molar-refractivity contribution in [3.05, 3.63) is 52.0 Å². The second-order valence-electron chi connectivity index (χ2n) is 8.71. The summed E-state index contributed by atoms with van der Waals surface area (Å²) in [6.45, 7) is 7.85. The van der Waals surface area contributed by atoms with Gasteiger partial charge in [-0.25, -0.2) is 4.98 Å². The van der Waals surface area contributed by atoms with Crippen LogP contribution in [0.1, 0.15) is 47.7 Å². The number of likely N-dealkylation sites (tertiary alicyclic amines) is 1. The van der Waals surface area contributed by atoms with Crippen molar-refractivity contribution in [3.8, 4) is 0 Å². The van der Waals surface area contributed by atoms with Crippen molar-refractivity contribution in [3.63, 3.8) is 0 Å². The van der Waals surface area contributed by atoms with Crippen LogP contribution in [0.3, 0.4) is 0 Å². The van der Waals surface area contributed by atoms with Crippen molar-refractivity contribution in [2.24, 2.45) is 0 Å². The summed E-state index contributed by atoms with van der Waals surface area (Å²) in [6.07, 6.45) is 1.59. The molecule has 32 heavy (non-hydrogen) atoms. The SMILES string of the molecule is CC(=O)N1CCN(C(=O)c2csc(CN3CCC(C(C)=O)(c4ccccc4)CC3)n2)CC1. The molecule has 0 bridgehead atoms. The molecule has 8 heteroatoms. The molecule has 0 saturated carbocycles. The van der Waals surface area contributed by atoms with E-state index in [1.807, 2.05) is 23.6 Å². The van der Waals surface area contributed by atoms with Crippen molar-refractivity contribution < 1.29 is 14.4 Å². The van der Waals surface area contributed by atoms with E-state index in [2.05, 4.69) is 22.0 Å². The van der Waals surface area contributed by atoms with Gasteiger partial charge in [-0.2, -0.15) is 0 Å². The van der Waals surface area contributed by atoms with Crippen LogP contribution in [0.15, 0.2) is 35.7 Å². The fraction of sp³-hybridized carbons (Fsp3) is 0.500. The first kappa shape index (κ1) is 22.6. The summed E-state index contributed by atoms with van der Waals surface area (Å²) in [7, 11) is 0. The summed E-state index contributed by atoms with van der Waals surface area (Å²) in [5.74, 6) is 0.222. The minimum Gasteiger partial charge on any atom is -0.339 e. The number of Topliss-reactive ketones (excluding diaryl/α,β-unsaturated/α-hetero) is 1. The highest BCUT2D eigenvalue weighted by Gasteiger charge is 2.40. The number of thiazole rings is 1. The summed E-state index contributed by atoms with van der Waals surface area (Å²) in [4.78, 5) is 47.3. The minimum atomic E-state index is -0.399. The fourth-order valence-corrected chi connectivity index (χ4v) is 5.56. The Morgan fingerprint density at radius 2 is 1.56 bits per heavy atom. The summed E-state index contributed by atoms with van der Waals surface area (Å²) in [5.41, 5.74) is 1.20. The van der Waals surface area contributed by atoms with E-state index >= 15 is 0 Å². The lowest BCUT2D eigenvalue weighted by molar-refractivity contribution is -0.130. The predicted molar refractivity (Wildman–Crippen MR) is 124 cm³/mol. The maximum absolute atomic E-state index is 12.8. The van der Waals surface area contributed by atoms with Crippen molar-refractivity contribution in [2.45, 2.75) is 38.6 Å². The summed E-state index contributed by atoms with van der Waals surface area (Å²) in [6, 6.07) is 10.1. The van der Waals surface area contributed by atoms with Gasteiger partial charge in [-0.3, -0.25) is 19.3 Å². The standard InChI is InChI=1S/C24H30N4O3S/c1-18(29)24(20-6-4-3-5-7-20)8-10-26(11-9-24)16-22-25-21(17-32-22)23(31)28-14-12-27(13-15-28)19(2)30/h3-7,17H,8-16H2,1-2H3. The molecule has 2 fully saturated rings. The number of amides is 2. The number of piperazine rings is 1. The van der Waals surface area contributed by atoms with Crippen LogP contribution in [0.25, 0.3) is 0 Å². The Balaban J connectivity index is 1.34. The van der Waals surface area contributed by atoms with Crippen LogP contribution in [0.4, 0.5) is 0 Å². The Morgan fingerprint density at radius 3 is 2.16 bits per heavy atom. The number of benzene rings is 1. The molecule has 0 unspecified atom stereocenters. The molecule has 2 saturated heterocycles. The van der Waals surface area contributed by atoms with Crippen LogP contribution in [0, 0.1) is 0 Å². The normalized spacial score (nSPS) is 19.1. The van der Waals surface area contributed by atoms with Crippen molar-refractivity contribution in [1.82, 2.24) is 19.7 Å². The number of carbonyl (C=O) groups excluding carboxylic acids is 3. The van der Waals surface area contributed by atoms with Gasteiger partial charge in [-0.1, -0.05) is 30.3 Å². The maximum atomic E-state index is 12.8. The first-order chi connectivity index (χ1) is 15.4. The number of hydrogen-bond donors (Lipinski definition) is 0. The minimum absolute atomic E-state index is 0.0515. The van der Waals surface area contributed by atoms with E-state index in [-0.39, 0.29) is 17.6 Å². The van der Waals surface area contributed by atoms with E-state index < -0.39 is 5.41 Å². The zero-order chi connectivity index (χ0) is 22.7. The highest BCUT2D eigenvalue weighted by molar-refractivity contribution is 7.09. The van der Waals surface area contributed by atoms with Gasteiger partial charge in [-0.05, 0) is 38.4 Å². The Morgan fingerprint density at radius 1 is 0.938 bits per heavy atom. The number of carbonyl (C=O) groups is 3. The third kappa shape index (κ3) is 4.61. The van der Waals surface area contributed by atoms with Gasteiger partial charge in [0.15, 0.2) is 0 Å². The van der Waals surface area contributed by atoms with Crippen molar-refractivity contribution >= 4 is 28.9 Å². The van der Waals surface area contributed by atoms with Crippen molar-refractivity contribution in [1.29, 1.82) is 0 Å². The van der Waals surface area contributed by atoms with E-state index in [1.54, 1.807) is 23.6 Å². The lowest BCUT2D eigenvalue weighted by Gasteiger charge is -2.40. The maximum Gasteiger partial charge on any atom is 0.273 e. The van der Waals surface area contributed by atoms with Gasteiger partial charge >= 0.3 is 0 Å². The van der Waals surface area contributed by atoms with E-state index in [1.165, 1.54) is 11.3 Å². The number of piperidine rings is 1. The van der Waals surface area contributed by atoms with Gasteiger partial charge in [0.2, 0.25) is 5.91 Å². The van der Waals surface area contributed by atoms with Crippen LogP contribution in [-0.4, -0.2) is 76.5 Å². The third-order valence-corrected chi connectivity index (χ3v) is 7.69. The molecule has 4 rings (SSSR count). The summed E-state index contributed by atoms with van der Waals surface area (Å²) in [5, 5.41) is 2.76. The van der Waals surface area contributed by atoms with Crippen LogP contribution >= 0.6 is 11.3 Å². The van der Waals surface area contributed by atoms with Crippen molar-refractivity contribution in [2.75, 3.05) is 39.3 Å². The molecule has 7 nitrogen and oxygen atoms in total. The molecular weight excluding hydrogens is 424 g/mol.